The maximum atomic E-state index is 13.7. The van der Waals surface area contributed by atoms with Crippen molar-refractivity contribution < 1.29 is 4.39 Å². The summed E-state index contributed by atoms with van der Waals surface area (Å²) in [4.78, 5) is 2.23. The molecule has 1 heterocycles. The quantitative estimate of drug-likeness (QED) is 0.867. The minimum Gasteiger partial charge on any atom is -0.309 e. The van der Waals surface area contributed by atoms with Gasteiger partial charge in [0.15, 0.2) is 0 Å². The van der Waals surface area contributed by atoms with E-state index in [0.717, 1.165) is 13.1 Å². The summed E-state index contributed by atoms with van der Waals surface area (Å²) >= 11 is 0. The molecule has 1 aromatic rings. The van der Waals surface area contributed by atoms with Crippen LogP contribution in [0.15, 0.2) is 18.2 Å². The molecule has 2 unspecified atom stereocenters. The van der Waals surface area contributed by atoms with Crippen molar-refractivity contribution in [3.05, 3.63) is 35.1 Å². The normalized spacial score (nSPS) is 24.8. The Morgan fingerprint density at radius 1 is 1.39 bits per heavy atom. The lowest BCUT2D eigenvalue weighted by Crippen LogP contribution is -2.53. The predicted octanol–water partition coefficient (Wildman–Crippen LogP) is 1.88. The van der Waals surface area contributed by atoms with E-state index in [9.17, 15) is 4.39 Å². The fourth-order valence-corrected chi connectivity index (χ4v) is 2.58. The van der Waals surface area contributed by atoms with Gasteiger partial charge in [0.05, 0.1) is 11.6 Å². The van der Waals surface area contributed by atoms with Gasteiger partial charge in [-0.3, -0.25) is 4.90 Å². The summed E-state index contributed by atoms with van der Waals surface area (Å²) in [5, 5.41) is 12.3. The SMILES string of the molecule is CC1CN(Cc2cc(C#N)ccc2F)CC(C)N1. The van der Waals surface area contributed by atoms with Crippen molar-refractivity contribution in [1.82, 2.24) is 10.2 Å². The Kier molecular flexibility index (Phi) is 3.95. The van der Waals surface area contributed by atoms with Crippen LogP contribution in [0.1, 0.15) is 25.0 Å². The first kappa shape index (κ1) is 13.0. The van der Waals surface area contributed by atoms with E-state index in [2.05, 4.69) is 30.1 Å². The summed E-state index contributed by atoms with van der Waals surface area (Å²) in [7, 11) is 0. The molecule has 18 heavy (non-hydrogen) atoms. The molecule has 0 radical (unpaired) electrons. The van der Waals surface area contributed by atoms with Gasteiger partial charge in [0.25, 0.3) is 0 Å². The number of halogens is 1. The maximum Gasteiger partial charge on any atom is 0.127 e. The minimum absolute atomic E-state index is 0.229. The Labute approximate surface area is 107 Å². The molecule has 1 aliphatic heterocycles. The van der Waals surface area contributed by atoms with E-state index in [1.807, 2.05) is 0 Å². The first-order valence-electron chi connectivity index (χ1n) is 6.25. The van der Waals surface area contributed by atoms with Crippen LogP contribution in [0.2, 0.25) is 0 Å². The standard InChI is InChI=1S/C14H18FN3/c1-10-7-18(8-11(2)17-10)9-13-5-12(6-16)3-4-14(13)15/h3-5,10-11,17H,7-9H2,1-2H3. The van der Waals surface area contributed by atoms with Crippen LogP contribution in [-0.4, -0.2) is 30.1 Å². The lowest BCUT2D eigenvalue weighted by atomic mass is 10.1. The van der Waals surface area contributed by atoms with E-state index in [0.29, 0.717) is 29.8 Å². The fraction of sp³-hybridized carbons (Fsp3) is 0.500. The van der Waals surface area contributed by atoms with Gasteiger partial charge in [0, 0.05) is 37.3 Å². The van der Waals surface area contributed by atoms with Gasteiger partial charge < -0.3 is 5.32 Å². The summed E-state index contributed by atoms with van der Waals surface area (Å²) in [6.45, 7) is 6.63. The molecule has 0 saturated carbocycles. The van der Waals surface area contributed by atoms with E-state index >= 15 is 0 Å². The Balaban J connectivity index is 2.11. The molecule has 1 fully saturated rings. The highest BCUT2D eigenvalue weighted by Crippen LogP contribution is 2.15. The zero-order valence-corrected chi connectivity index (χ0v) is 10.8. The second-order valence-corrected chi connectivity index (χ2v) is 5.08. The van der Waals surface area contributed by atoms with Gasteiger partial charge in [-0.05, 0) is 32.0 Å². The maximum absolute atomic E-state index is 13.7. The van der Waals surface area contributed by atoms with Crippen LogP contribution in [0.5, 0.6) is 0 Å². The van der Waals surface area contributed by atoms with Gasteiger partial charge in [-0.2, -0.15) is 5.26 Å². The molecule has 0 spiro atoms. The molecule has 1 aromatic carbocycles. The van der Waals surface area contributed by atoms with Crippen molar-refractivity contribution in [1.29, 1.82) is 5.26 Å². The number of hydrogen-bond donors (Lipinski definition) is 1. The zero-order chi connectivity index (χ0) is 13.1. The van der Waals surface area contributed by atoms with Crippen LogP contribution >= 0.6 is 0 Å². The molecule has 1 saturated heterocycles. The summed E-state index contributed by atoms with van der Waals surface area (Å²) in [6, 6.07) is 7.42. The molecular weight excluding hydrogens is 229 g/mol. The molecule has 0 bridgehead atoms. The Morgan fingerprint density at radius 2 is 2.06 bits per heavy atom. The van der Waals surface area contributed by atoms with Gasteiger partial charge in [-0.15, -0.1) is 0 Å². The van der Waals surface area contributed by atoms with Crippen molar-refractivity contribution in [2.45, 2.75) is 32.5 Å². The van der Waals surface area contributed by atoms with Crippen LogP contribution in [0.4, 0.5) is 4.39 Å². The summed E-state index contributed by atoms with van der Waals surface area (Å²) in [6.07, 6.45) is 0. The highest BCUT2D eigenvalue weighted by atomic mass is 19.1. The number of nitrogens with one attached hydrogen (secondary N) is 1. The van der Waals surface area contributed by atoms with Gasteiger partial charge in [-0.25, -0.2) is 4.39 Å². The topological polar surface area (TPSA) is 39.1 Å². The van der Waals surface area contributed by atoms with Crippen LogP contribution in [0.3, 0.4) is 0 Å². The van der Waals surface area contributed by atoms with Gasteiger partial charge in [0.2, 0.25) is 0 Å². The number of nitriles is 1. The molecule has 3 nitrogen and oxygen atoms in total. The van der Waals surface area contributed by atoms with Crippen LogP contribution in [-0.2, 0) is 6.54 Å². The second-order valence-electron chi connectivity index (χ2n) is 5.08. The Bertz CT molecular complexity index is 457. The monoisotopic (exact) mass is 247 g/mol. The average Bonchev–Trinajstić information content (AvgIpc) is 2.30. The number of benzene rings is 1. The Hall–Kier alpha value is -1.44. The molecule has 2 rings (SSSR count). The van der Waals surface area contributed by atoms with E-state index in [1.54, 1.807) is 6.07 Å². The molecular formula is C14H18FN3. The largest absolute Gasteiger partial charge is 0.309 e. The molecule has 96 valence electrons. The highest BCUT2D eigenvalue weighted by molar-refractivity contribution is 5.33. The highest BCUT2D eigenvalue weighted by Gasteiger charge is 2.21. The van der Waals surface area contributed by atoms with E-state index in [-0.39, 0.29) is 5.82 Å². The molecule has 0 aliphatic carbocycles. The third-order valence-electron chi connectivity index (χ3n) is 3.20. The zero-order valence-electron chi connectivity index (χ0n) is 10.8. The van der Waals surface area contributed by atoms with Crippen LogP contribution < -0.4 is 5.32 Å². The van der Waals surface area contributed by atoms with Crippen LogP contribution in [0.25, 0.3) is 0 Å². The first-order chi connectivity index (χ1) is 8.58. The van der Waals surface area contributed by atoms with Crippen molar-refractivity contribution >= 4 is 0 Å². The van der Waals surface area contributed by atoms with Crippen molar-refractivity contribution in [2.75, 3.05) is 13.1 Å². The van der Waals surface area contributed by atoms with E-state index < -0.39 is 0 Å². The number of rotatable bonds is 2. The third kappa shape index (κ3) is 3.06. The van der Waals surface area contributed by atoms with E-state index in [1.165, 1.54) is 12.1 Å². The summed E-state index contributed by atoms with van der Waals surface area (Å²) < 4.78 is 13.7. The summed E-state index contributed by atoms with van der Waals surface area (Å²) in [5.41, 5.74) is 1.12. The molecule has 4 heteroatoms. The lowest BCUT2D eigenvalue weighted by molar-refractivity contribution is 0.165. The van der Waals surface area contributed by atoms with Gasteiger partial charge in [0.1, 0.15) is 5.82 Å². The first-order valence-corrected chi connectivity index (χ1v) is 6.25. The van der Waals surface area contributed by atoms with Crippen molar-refractivity contribution in [3.8, 4) is 6.07 Å². The second kappa shape index (κ2) is 5.47. The predicted molar refractivity (Wildman–Crippen MR) is 68.5 cm³/mol. The minimum atomic E-state index is -0.229. The van der Waals surface area contributed by atoms with Crippen LogP contribution in [0, 0.1) is 17.1 Å². The third-order valence-corrected chi connectivity index (χ3v) is 3.20. The number of hydrogen-bond acceptors (Lipinski definition) is 3. The fourth-order valence-electron chi connectivity index (χ4n) is 2.58. The van der Waals surface area contributed by atoms with Crippen molar-refractivity contribution in [2.24, 2.45) is 0 Å². The number of nitrogens with zero attached hydrogens (tertiary/aromatic N) is 2. The van der Waals surface area contributed by atoms with E-state index in [4.69, 9.17) is 5.26 Å². The molecule has 1 N–H and O–H groups in total. The van der Waals surface area contributed by atoms with Gasteiger partial charge >= 0.3 is 0 Å². The molecule has 0 amide bonds. The molecule has 1 aliphatic rings. The molecule has 0 aromatic heterocycles. The average molecular weight is 247 g/mol. The van der Waals surface area contributed by atoms with Crippen molar-refractivity contribution in [3.63, 3.8) is 0 Å². The summed E-state index contributed by atoms with van der Waals surface area (Å²) in [5.74, 6) is -0.229. The smallest absolute Gasteiger partial charge is 0.127 e. The van der Waals surface area contributed by atoms with Gasteiger partial charge in [-0.1, -0.05) is 0 Å². The Morgan fingerprint density at radius 3 is 2.67 bits per heavy atom. The number of piperazine rings is 1. The lowest BCUT2D eigenvalue weighted by Gasteiger charge is -2.36. The molecule has 2 atom stereocenters.